The first-order valence-electron chi connectivity index (χ1n) is 8.65. The molecule has 0 atom stereocenters. The van der Waals surface area contributed by atoms with Gasteiger partial charge in [0.25, 0.3) is 0 Å². The third kappa shape index (κ3) is 5.11. The van der Waals surface area contributed by atoms with E-state index in [-0.39, 0.29) is 11.4 Å². The SMILES string of the molecule is Nc1ccccc1SCC(=O)Nc1cc(C(F)(F)F)ccc1N1CCOCC1. The van der Waals surface area contributed by atoms with E-state index in [1.54, 1.807) is 24.3 Å². The fourth-order valence-electron chi connectivity index (χ4n) is 2.83. The van der Waals surface area contributed by atoms with Crippen LogP contribution in [0.4, 0.5) is 30.2 Å². The number of halogens is 3. The lowest BCUT2D eigenvalue weighted by molar-refractivity contribution is -0.137. The van der Waals surface area contributed by atoms with Crippen molar-refractivity contribution in [3.05, 3.63) is 48.0 Å². The summed E-state index contributed by atoms with van der Waals surface area (Å²) < 4.78 is 44.7. The van der Waals surface area contributed by atoms with Gasteiger partial charge in [0.15, 0.2) is 0 Å². The molecule has 9 heteroatoms. The molecule has 0 aromatic heterocycles. The Labute approximate surface area is 165 Å². The summed E-state index contributed by atoms with van der Waals surface area (Å²) in [6.45, 7) is 2.06. The number of ether oxygens (including phenoxy) is 1. The second kappa shape index (κ2) is 8.74. The first-order chi connectivity index (χ1) is 13.3. The minimum atomic E-state index is -4.49. The standard InChI is InChI=1S/C19H20F3N3O2S/c20-19(21,22)13-5-6-16(25-7-9-27-10-8-25)15(11-13)24-18(26)12-28-17-4-2-1-3-14(17)23/h1-6,11H,7-10,12,23H2,(H,24,26). The number of hydrogen-bond donors (Lipinski definition) is 2. The Bertz CT molecular complexity index is 839. The fraction of sp³-hybridized carbons (Fsp3) is 0.316. The quantitative estimate of drug-likeness (QED) is 0.578. The minimum Gasteiger partial charge on any atom is -0.398 e. The van der Waals surface area contributed by atoms with Crippen LogP contribution in [0.3, 0.4) is 0 Å². The van der Waals surface area contributed by atoms with E-state index in [4.69, 9.17) is 10.5 Å². The highest BCUT2D eigenvalue weighted by molar-refractivity contribution is 8.00. The van der Waals surface area contributed by atoms with Crippen LogP contribution in [0.25, 0.3) is 0 Å². The average molecular weight is 411 g/mol. The van der Waals surface area contributed by atoms with Crippen LogP contribution in [-0.2, 0) is 15.7 Å². The molecule has 0 saturated carbocycles. The summed E-state index contributed by atoms with van der Waals surface area (Å²) in [5.74, 6) is -0.366. The summed E-state index contributed by atoms with van der Waals surface area (Å²) in [6, 6.07) is 10.5. The molecule has 1 fully saturated rings. The van der Waals surface area contributed by atoms with Crippen molar-refractivity contribution in [1.82, 2.24) is 0 Å². The van der Waals surface area contributed by atoms with Gasteiger partial charge in [0.05, 0.1) is 35.9 Å². The zero-order valence-corrected chi connectivity index (χ0v) is 15.8. The second-order valence-corrected chi connectivity index (χ2v) is 7.22. The molecule has 0 spiro atoms. The highest BCUT2D eigenvalue weighted by Crippen LogP contribution is 2.36. The van der Waals surface area contributed by atoms with E-state index in [1.807, 2.05) is 4.90 Å². The maximum Gasteiger partial charge on any atom is 0.416 e. The topological polar surface area (TPSA) is 67.6 Å². The first kappa shape index (κ1) is 20.3. The molecule has 3 rings (SSSR count). The van der Waals surface area contributed by atoms with Crippen LogP contribution in [0.2, 0.25) is 0 Å². The number of morpholine rings is 1. The Hall–Kier alpha value is -2.39. The zero-order valence-electron chi connectivity index (χ0n) is 15.0. The molecule has 5 nitrogen and oxygen atoms in total. The third-order valence-corrected chi connectivity index (χ3v) is 5.32. The molecular weight excluding hydrogens is 391 g/mol. The van der Waals surface area contributed by atoms with Crippen molar-refractivity contribution in [2.24, 2.45) is 0 Å². The van der Waals surface area contributed by atoms with Crippen LogP contribution in [0.15, 0.2) is 47.4 Å². The zero-order chi connectivity index (χ0) is 20.1. The number of thioether (sulfide) groups is 1. The number of benzene rings is 2. The van der Waals surface area contributed by atoms with Crippen LogP contribution in [-0.4, -0.2) is 38.0 Å². The van der Waals surface area contributed by atoms with Crippen molar-refractivity contribution in [3.63, 3.8) is 0 Å². The smallest absolute Gasteiger partial charge is 0.398 e. The Morgan fingerprint density at radius 3 is 2.57 bits per heavy atom. The van der Waals surface area contributed by atoms with Gasteiger partial charge in [-0.15, -0.1) is 11.8 Å². The van der Waals surface area contributed by atoms with Gasteiger partial charge in [0, 0.05) is 23.7 Å². The van der Waals surface area contributed by atoms with Gasteiger partial charge in [0.1, 0.15) is 0 Å². The van der Waals surface area contributed by atoms with Gasteiger partial charge in [-0.1, -0.05) is 12.1 Å². The van der Waals surface area contributed by atoms with E-state index in [0.29, 0.717) is 37.7 Å². The van der Waals surface area contributed by atoms with Gasteiger partial charge >= 0.3 is 6.18 Å². The van der Waals surface area contributed by atoms with Crippen LogP contribution < -0.4 is 16.0 Å². The van der Waals surface area contributed by atoms with E-state index in [9.17, 15) is 18.0 Å². The maximum atomic E-state index is 13.1. The number of hydrogen-bond acceptors (Lipinski definition) is 5. The summed E-state index contributed by atoms with van der Waals surface area (Å²) in [5.41, 5.74) is 6.29. The van der Waals surface area contributed by atoms with E-state index < -0.39 is 17.6 Å². The Morgan fingerprint density at radius 2 is 1.89 bits per heavy atom. The molecule has 2 aromatic rings. The number of amides is 1. The molecule has 2 aromatic carbocycles. The molecule has 1 aliphatic heterocycles. The molecule has 1 heterocycles. The van der Waals surface area contributed by atoms with Crippen molar-refractivity contribution in [3.8, 4) is 0 Å². The number of rotatable bonds is 5. The van der Waals surface area contributed by atoms with Gasteiger partial charge in [-0.25, -0.2) is 0 Å². The van der Waals surface area contributed by atoms with Gasteiger partial charge in [-0.05, 0) is 30.3 Å². The number of nitrogens with one attached hydrogen (secondary N) is 1. The number of nitrogens with zero attached hydrogens (tertiary/aromatic N) is 1. The highest BCUT2D eigenvalue weighted by Gasteiger charge is 2.32. The lowest BCUT2D eigenvalue weighted by Gasteiger charge is -2.31. The molecule has 0 unspecified atom stereocenters. The predicted octanol–water partition coefficient (Wildman–Crippen LogP) is 3.86. The van der Waals surface area contributed by atoms with Crippen molar-refractivity contribution in [1.29, 1.82) is 0 Å². The monoisotopic (exact) mass is 411 g/mol. The summed E-state index contributed by atoms with van der Waals surface area (Å²) in [6.07, 6.45) is -4.49. The third-order valence-electron chi connectivity index (χ3n) is 4.23. The molecule has 1 amide bonds. The second-order valence-electron chi connectivity index (χ2n) is 6.20. The maximum absolute atomic E-state index is 13.1. The summed E-state index contributed by atoms with van der Waals surface area (Å²) in [7, 11) is 0. The normalized spacial score (nSPS) is 14.8. The summed E-state index contributed by atoms with van der Waals surface area (Å²) in [4.78, 5) is 15.0. The molecule has 150 valence electrons. The molecule has 1 saturated heterocycles. The fourth-order valence-corrected chi connectivity index (χ4v) is 3.60. The summed E-state index contributed by atoms with van der Waals surface area (Å²) >= 11 is 1.23. The minimum absolute atomic E-state index is 0.0347. The van der Waals surface area contributed by atoms with Crippen molar-refractivity contribution in [2.45, 2.75) is 11.1 Å². The molecule has 3 N–H and O–H groups in total. The summed E-state index contributed by atoms with van der Waals surface area (Å²) in [5, 5.41) is 2.63. The molecule has 0 aliphatic carbocycles. The molecular formula is C19H20F3N3O2S. The van der Waals surface area contributed by atoms with Crippen LogP contribution in [0, 0.1) is 0 Å². The van der Waals surface area contributed by atoms with Crippen LogP contribution in [0.5, 0.6) is 0 Å². The molecule has 0 bridgehead atoms. The number of carbonyl (C=O) groups is 1. The van der Waals surface area contributed by atoms with Gasteiger partial charge in [-0.2, -0.15) is 13.2 Å². The number of nitrogen functional groups attached to an aromatic ring is 1. The Balaban J connectivity index is 1.77. The van der Waals surface area contributed by atoms with E-state index in [2.05, 4.69) is 5.32 Å². The van der Waals surface area contributed by atoms with Crippen molar-refractivity contribution < 1.29 is 22.7 Å². The number of anilines is 3. The largest absolute Gasteiger partial charge is 0.416 e. The Kier molecular flexibility index (Phi) is 6.35. The van der Waals surface area contributed by atoms with Crippen molar-refractivity contribution in [2.75, 3.05) is 48.0 Å². The molecule has 0 radical (unpaired) electrons. The predicted molar refractivity (Wildman–Crippen MR) is 105 cm³/mol. The average Bonchev–Trinajstić information content (AvgIpc) is 2.67. The molecule has 1 aliphatic rings. The van der Waals surface area contributed by atoms with Crippen LogP contribution in [0.1, 0.15) is 5.56 Å². The molecule has 28 heavy (non-hydrogen) atoms. The van der Waals surface area contributed by atoms with Crippen LogP contribution >= 0.6 is 11.8 Å². The van der Waals surface area contributed by atoms with E-state index in [1.165, 1.54) is 17.8 Å². The van der Waals surface area contributed by atoms with Gasteiger partial charge in [-0.3, -0.25) is 4.79 Å². The Morgan fingerprint density at radius 1 is 1.18 bits per heavy atom. The van der Waals surface area contributed by atoms with E-state index >= 15 is 0 Å². The lowest BCUT2D eigenvalue weighted by atomic mass is 10.1. The highest BCUT2D eigenvalue weighted by atomic mass is 32.2. The number of nitrogens with two attached hydrogens (primary N) is 1. The lowest BCUT2D eigenvalue weighted by Crippen LogP contribution is -2.37. The van der Waals surface area contributed by atoms with Gasteiger partial charge < -0.3 is 20.7 Å². The van der Waals surface area contributed by atoms with Crippen molar-refractivity contribution >= 4 is 34.7 Å². The number of para-hydroxylation sites is 1. The van der Waals surface area contributed by atoms with Gasteiger partial charge in [0.2, 0.25) is 5.91 Å². The first-order valence-corrected chi connectivity index (χ1v) is 9.64. The number of carbonyl (C=O) groups excluding carboxylic acids is 1. The van der Waals surface area contributed by atoms with E-state index in [0.717, 1.165) is 17.0 Å². The number of alkyl halides is 3.